The van der Waals surface area contributed by atoms with Gasteiger partial charge in [0.1, 0.15) is 6.04 Å². The molecule has 0 aromatic carbocycles. The number of thiophene rings is 1. The zero-order valence-corrected chi connectivity index (χ0v) is 8.63. The predicted molar refractivity (Wildman–Crippen MR) is 56.2 cm³/mol. The fourth-order valence-corrected chi connectivity index (χ4v) is 1.53. The van der Waals surface area contributed by atoms with Gasteiger partial charge in [0.15, 0.2) is 5.06 Å². The van der Waals surface area contributed by atoms with Crippen LogP contribution in [0.15, 0.2) is 17.5 Å². The van der Waals surface area contributed by atoms with Crippen LogP contribution in [0.4, 0.5) is 0 Å². The van der Waals surface area contributed by atoms with Crippen molar-refractivity contribution < 1.29 is 9.53 Å². The van der Waals surface area contributed by atoms with Gasteiger partial charge in [0.25, 0.3) is 0 Å². The Hall–Kier alpha value is -0.910. The number of carbonyl (C=O) groups excluding carboxylic acids is 1. The Labute approximate surface area is 86.9 Å². The Morgan fingerprint density at radius 2 is 2.43 bits per heavy atom. The first kappa shape index (κ1) is 11.2. The second-order valence-electron chi connectivity index (χ2n) is 2.89. The molecule has 78 valence electrons. The maximum atomic E-state index is 11.3. The molecule has 0 radical (unpaired) electrons. The van der Waals surface area contributed by atoms with Crippen LogP contribution in [-0.2, 0) is 4.79 Å². The number of esters is 1. The Morgan fingerprint density at radius 3 is 3.00 bits per heavy atom. The van der Waals surface area contributed by atoms with Crippen molar-refractivity contribution in [2.75, 3.05) is 6.54 Å². The molecule has 0 aliphatic rings. The molecule has 1 aromatic heterocycles. The number of hydrogen-bond donors (Lipinski definition) is 2. The number of ether oxygens (including phenoxy) is 1. The van der Waals surface area contributed by atoms with Crippen molar-refractivity contribution in [3.63, 3.8) is 0 Å². The van der Waals surface area contributed by atoms with Crippen LogP contribution >= 0.6 is 11.3 Å². The minimum Gasteiger partial charge on any atom is -0.414 e. The Kier molecular flexibility index (Phi) is 4.58. The van der Waals surface area contributed by atoms with Gasteiger partial charge in [-0.25, -0.2) is 4.79 Å². The highest BCUT2D eigenvalue weighted by Gasteiger charge is 2.15. The molecular weight excluding hydrogens is 200 g/mol. The van der Waals surface area contributed by atoms with E-state index in [-0.39, 0.29) is 5.97 Å². The van der Waals surface area contributed by atoms with E-state index in [1.54, 1.807) is 6.07 Å². The van der Waals surface area contributed by atoms with Crippen molar-refractivity contribution in [1.29, 1.82) is 0 Å². The van der Waals surface area contributed by atoms with Gasteiger partial charge in [0.2, 0.25) is 0 Å². The first-order valence-corrected chi connectivity index (χ1v) is 5.33. The molecule has 0 bridgehead atoms. The monoisotopic (exact) mass is 214 g/mol. The highest BCUT2D eigenvalue weighted by molar-refractivity contribution is 7.11. The van der Waals surface area contributed by atoms with Gasteiger partial charge in [0, 0.05) is 0 Å². The molecule has 0 aliphatic carbocycles. The quantitative estimate of drug-likeness (QED) is 0.708. The molecule has 1 atom stereocenters. The van der Waals surface area contributed by atoms with Crippen LogP contribution in [0.3, 0.4) is 0 Å². The number of hydrogen-bond acceptors (Lipinski definition) is 5. The van der Waals surface area contributed by atoms with Crippen LogP contribution in [0.2, 0.25) is 0 Å². The van der Waals surface area contributed by atoms with E-state index in [0.29, 0.717) is 18.0 Å². The fraction of sp³-hybridized carbons (Fsp3) is 0.444. The highest BCUT2D eigenvalue weighted by atomic mass is 32.1. The second kappa shape index (κ2) is 5.74. The van der Waals surface area contributed by atoms with Crippen molar-refractivity contribution in [3.05, 3.63) is 17.5 Å². The molecule has 1 heterocycles. The van der Waals surface area contributed by atoms with Gasteiger partial charge in [0.05, 0.1) is 0 Å². The average Bonchev–Trinajstić information content (AvgIpc) is 2.66. The smallest absolute Gasteiger partial charge is 0.329 e. The van der Waals surface area contributed by atoms with Crippen LogP contribution in [0.1, 0.15) is 12.8 Å². The maximum Gasteiger partial charge on any atom is 0.329 e. The molecule has 14 heavy (non-hydrogen) atoms. The van der Waals surface area contributed by atoms with Gasteiger partial charge in [-0.05, 0) is 36.9 Å². The maximum absolute atomic E-state index is 11.3. The molecule has 0 aliphatic heterocycles. The Balaban J connectivity index is 2.34. The van der Waals surface area contributed by atoms with Crippen molar-refractivity contribution in [3.8, 4) is 5.06 Å². The van der Waals surface area contributed by atoms with Gasteiger partial charge in [-0.15, -0.1) is 11.3 Å². The molecule has 0 spiro atoms. The number of nitrogens with two attached hydrogens (primary N) is 2. The summed E-state index contributed by atoms with van der Waals surface area (Å²) in [5, 5.41) is 2.42. The lowest BCUT2D eigenvalue weighted by atomic mass is 10.2. The molecule has 0 saturated carbocycles. The van der Waals surface area contributed by atoms with Crippen LogP contribution in [0.5, 0.6) is 5.06 Å². The summed E-state index contributed by atoms with van der Waals surface area (Å²) in [5.41, 5.74) is 10.9. The van der Waals surface area contributed by atoms with Crippen LogP contribution in [0, 0.1) is 0 Å². The first-order chi connectivity index (χ1) is 6.74. The Bertz CT molecular complexity index is 274. The van der Waals surface area contributed by atoms with Crippen LogP contribution in [0.25, 0.3) is 0 Å². The largest absolute Gasteiger partial charge is 0.414 e. The van der Waals surface area contributed by atoms with Gasteiger partial charge >= 0.3 is 5.97 Å². The van der Waals surface area contributed by atoms with Gasteiger partial charge in [-0.3, -0.25) is 0 Å². The highest BCUT2D eigenvalue weighted by Crippen LogP contribution is 2.18. The minimum absolute atomic E-state index is 0.388. The van der Waals surface area contributed by atoms with Crippen molar-refractivity contribution in [2.24, 2.45) is 11.5 Å². The molecule has 0 fully saturated rings. The summed E-state index contributed by atoms with van der Waals surface area (Å²) < 4.78 is 5.03. The summed E-state index contributed by atoms with van der Waals surface area (Å²) in [6.45, 7) is 0.542. The van der Waals surface area contributed by atoms with E-state index < -0.39 is 6.04 Å². The zero-order chi connectivity index (χ0) is 10.4. The zero-order valence-electron chi connectivity index (χ0n) is 7.81. The lowest BCUT2D eigenvalue weighted by molar-refractivity contribution is -0.135. The minimum atomic E-state index is -0.569. The third kappa shape index (κ3) is 3.45. The van der Waals surface area contributed by atoms with Crippen LogP contribution in [-0.4, -0.2) is 18.6 Å². The summed E-state index contributed by atoms with van der Waals surface area (Å²) in [6, 6.07) is 2.98. The topological polar surface area (TPSA) is 78.3 Å². The summed E-state index contributed by atoms with van der Waals surface area (Å²) in [7, 11) is 0. The first-order valence-electron chi connectivity index (χ1n) is 4.45. The normalized spacial score (nSPS) is 12.4. The van der Waals surface area contributed by atoms with E-state index in [9.17, 15) is 4.79 Å². The molecule has 1 aromatic rings. The second-order valence-corrected chi connectivity index (χ2v) is 3.80. The SMILES string of the molecule is NCCC[C@@H](N)C(=O)Oc1cccs1. The van der Waals surface area contributed by atoms with Crippen molar-refractivity contribution in [1.82, 2.24) is 0 Å². The van der Waals surface area contributed by atoms with Gasteiger partial charge < -0.3 is 16.2 Å². The molecule has 4 N–H and O–H groups in total. The van der Waals surface area contributed by atoms with E-state index in [0.717, 1.165) is 6.42 Å². The third-order valence-corrected chi connectivity index (χ3v) is 2.46. The van der Waals surface area contributed by atoms with E-state index in [1.807, 2.05) is 11.4 Å². The number of rotatable bonds is 5. The summed E-state index contributed by atoms with van der Waals surface area (Å²) in [6.07, 6.45) is 1.31. The molecule has 0 unspecified atom stereocenters. The molecular formula is C9H14N2O2S. The fourth-order valence-electron chi connectivity index (χ4n) is 0.952. The Morgan fingerprint density at radius 1 is 1.64 bits per heavy atom. The average molecular weight is 214 g/mol. The summed E-state index contributed by atoms with van der Waals surface area (Å²) in [5.74, 6) is -0.388. The van der Waals surface area contributed by atoms with Gasteiger partial charge in [-0.2, -0.15) is 0 Å². The molecule has 1 rings (SSSR count). The lowest BCUT2D eigenvalue weighted by Gasteiger charge is -2.08. The van der Waals surface area contributed by atoms with E-state index in [2.05, 4.69) is 0 Å². The summed E-state index contributed by atoms with van der Waals surface area (Å²) >= 11 is 1.37. The van der Waals surface area contributed by atoms with E-state index in [4.69, 9.17) is 16.2 Å². The number of carbonyl (C=O) groups is 1. The standard InChI is InChI=1S/C9H14N2O2S/c10-5-1-3-7(11)9(12)13-8-4-2-6-14-8/h2,4,6-7H,1,3,5,10-11H2/t7-/m1/s1. The van der Waals surface area contributed by atoms with E-state index >= 15 is 0 Å². The molecule has 4 nitrogen and oxygen atoms in total. The van der Waals surface area contributed by atoms with E-state index in [1.165, 1.54) is 11.3 Å². The summed E-state index contributed by atoms with van der Waals surface area (Å²) in [4.78, 5) is 11.3. The van der Waals surface area contributed by atoms with Crippen LogP contribution < -0.4 is 16.2 Å². The third-order valence-electron chi connectivity index (χ3n) is 1.72. The molecule has 0 saturated heterocycles. The lowest BCUT2D eigenvalue weighted by Crippen LogP contribution is -2.34. The van der Waals surface area contributed by atoms with Crippen molar-refractivity contribution in [2.45, 2.75) is 18.9 Å². The van der Waals surface area contributed by atoms with Crippen molar-refractivity contribution >= 4 is 17.3 Å². The molecule has 5 heteroatoms. The predicted octanol–water partition coefficient (Wildman–Crippen LogP) is 0.720. The molecule has 0 amide bonds. The van der Waals surface area contributed by atoms with Gasteiger partial charge in [-0.1, -0.05) is 0 Å².